The SMILES string of the molecule is CCC1(CC)CCN(C(=O)c2ccc(C)cc2O)C1. The summed E-state index contributed by atoms with van der Waals surface area (Å²) in [6, 6.07) is 5.25. The minimum atomic E-state index is -0.0405. The molecule has 3 heteroatoms. The fourth-order valence-corrected chi connectivity index (χ4v) is 2.93. The fourth-order valence-electron chi connectivity index (χ4n) is 2.93. The van der Waals surface area contributed by atoms with Crippen LogP contribution in [0.15, 0.2) is 18.2 Å². The third-order valence-electron chi connectivity index (χ3n) is 4.61. The van der Waals surface area contributed by atoms with Gasteiger partial charge in [-0.1, -0.05) is 19.9 Å². The van der Waals surface area contributed by atoms with E-state index in [2.05, 4.69) is 13.8 Å². The molecule has 0 spiro atoms. The molecule has 1 amide bonds. The van der Waals surface area contributed by atoms with Crippen LogP contribution in [0.25, 0.3) is 0 Å². The van der Waals surface area contributed by atoms with Gasteiger partial charge in [0, 0.05) is 13.1 Å². The number of carbonyl (C=O) groups is 1. The third kappa shape index (κ3) is 2.60. The standard InChI is InChI=1S/C16H23NO2/c1-4-16(5-2)8-9-17(11-16)15(19)13-7-6-12(3)10-14(13)18/h6-7,10,18H,4-5,8-9,11H2,1-3H3. The normalized spacial score (nSPS) is 17.7. The van der Waals surface area contributed by atoms with E-state index in [1.807, 2.05) is 17.9 Å². The number of rotatable bonds is 3. The van der Waals surface area contributed by atoms with Crippen molar-refractivity contribution in [2.75, 3.05) is 13.1 Å². The van der Waals surface area contributed by atoms with Crippen molar-refractivity contribution in [2.45, 2.75) is 40.0 Å². The zero-order valence-corrected chi connectivity index (χ0v) is 12.1. The van der Waals surface area contributed by atoms with Gasteiger partial charge in [0.25, 0.3) is 5.91 Å². The topological polar surface area (TPSA) is 40.5 Å². The molecule has 0 atom stereocenters. The second-order valence-corrected chi connectivity index (χ2v) is 5.70. The number of nitrogens with zero attached hydrogens (tertiary/aromatic N) is 1. The minimum Gasteiger partial charge on any atom is -0.507 e. The molecular weight excluding hydrogens is 238 g/mol. The summed E-state index contributed by atoms with van der Waals surface area (Å²) in [6.07, 6.45) is 3.28. The van der Waals surface area contributed by atoms with Crippen LogP contribution in [0.3, 0.4) is 0 Å². The number of hydrogen-bond donors (Lipinski definition) is 1. The van der Waals surface area contributed by atoms with E-state index in [0.29, 0.717) is 5.56 Å². The molecule has 3 nitrogen and oxygen atoms in total. The van der Waals surface area contributed by atoms with Crippen molar-refractivity contribution in [1.29, 1.82) is 0 Å². The lowest BCUT2D eigenvalue weighted by molar-refractivity contribution is 0.0767. The third-order valence-corrected chi connectivity index (χ3v) is 4.61. The first-order valence-corrected chi connectivity index (χ1v) is 7.10. The van der Waals surface area contributed by atoms with E-state index in [0.717, 1.165) is 37.9 Å². The zero-order valence-electron chi connectivity index (χ0n) is 12.1. The van der Waals surface area contributed by atoms with Crippen molar-refractivity contribution in [3.63, 3.8) is 0 Å². The van der Waals surface area contributed by atoms with Gasteiger partial charge >= 0.3 is 0 Å². The van der Waals surface area contributed by atoms with Crippen LogP contribution in [0, 0.1) is 12.3 Å². The molecule has 1 aliphatic rings. The first-order valence-electron chi connectivity index (χ1n) is 7.10. The van der Waals surface area contributed by atoms with Crippen molar-refractivity contribution in [3.8, 4) is 5.75 Å². The maximum Gasteiger partial charge on any atom is 0.257 e. The molecular formula is C16H23NO2. The van der Waals surface area contributed by atoms with Crippen LogP contribution < -0.4 is 0 Å². The van der Waals surface area contributed by atoms with Crippen LogP contribution in [-0.2, 0) is 0 Å². The van der Waals surface area contributed by atoms with Crippen molar-refractivity contribution < 1.29 is 9.90 Å². The minimum absolute atomic E-state index is 0.0405. The molecule has 1 fully saturated rings. The van der Waals surface area contributed by atoms with Crippen LogP contribution in [-0.4, -0.2) is 29.0 Å². The Hall–Kier alpha value is -1.51. The Kier molecular flexibility index (Phi) is 3.83. The van der Waals surface area contributed by atoms with Crippen LogP contribution in [0.2, 0.25) is 0 Å². The molecule has 0 radical (unpaired) electrons. The van der Waals surface area contributed by atoms with E-state index in [9.17, 15) is 9.90 Å². The molecule has 1 heterocycles. The van der Waals surface area contributed by atoms with Crippen molar-refractivity contribution >= 4 is 5.91 Å². The Morgan fingerprint density at radius 1 is 1.37 bits per heavy atom. The zero-order chi connectivity index (χ0) is 14.0. The molecule has 2 rings (SSSR count). The highest BCUT2D eigenvalue weighted by Gasteiger charge is 2.37. The molecule has 1 saturated heterocycles. The number of amides is 1. The van der Waals surface area contributed by atoms with Gasteiger partial charge in [-0.3, -0.25) is 4.79 Å². The van der Waals surface area contributed by atoms with Gasteiger partial charge in [-0.2, -0.15) is 0 Å². The molecule has 104 valence electrons. The number of likely N-dealkylation sites (tertiary alicyclic amines) is 1. The van der Waals surface area contributed by atoms with Crippen LogP contribution in [0.1, 0.15) is 49.0 Å². The smallest absolute Gasteiger partial charge is 0.257 e. The van der Waals surface area contributed by atoms with E-state index in [4.69, 9.17) is 0 Å². The number of carbonyl (C=O) groups excluding carboxylic acids is 1. The summed E-state index contributed by atoms with van der Waals surface area (Å²) < 4.78 is 0. The second-order valence-electron chi connectivity index (χ2n) is 5.70. The molecule has 19 heavy (non-hydrogen) atoms. The second kappa shape index (κ2) is 5.24. The van der Waals surface area contributed by atoms with Gasteiger partial charge in [0.1, 0.15) is 5.75 Å². The predicted octanol–water partition coefficient (Wildman–Crippen LogP) is 3.35. The molecule has 1 aromatic carbocycles. The maximum absolute atomic E-state index is 12.5. The van der Waals surface area contributed by atoms with Crippen molar-refractivity contribution in [3.05, 3.63) is 29.3 Å². The number of phenols is 1. The summed E-state index contributed by atoms with van der Waals surface area (Å²) in [7, 11) is 0. The fraction of sp³-hybridized carbons (Fsp3) is 0.562. The highest BCUT2D eigenvalue weighted by molar-refractivity contribution is 5.97. The Labute approximate surface area is 115 Å². The van der Waals surface area contributed by atoms with Gasteiger partial charge in [0.15, 0.2) is 0 Å². The van der Waals surface area contributed by atoms with E-state index in [-0.39, 0.29) is 17.1 Å². The predicted molar refractivity (Wildman–Crippen MR) is 76.4 cm³/mol. The highest BCUT2D eigenvalue weighted by atomic mass is 16.3. The largest absolute Gasteiger partial charge is 0.507 e. The van der Waals surface area contributed by atoms with E-state index < -0.39 is 0 Å². The quantitative estimate of drug-likeness (QED) is 0.906. The number of aromatic hydroxyl groups is 1. The van der Waals surface area contributed by atoms with Crippen LogP contribution in [0.5, 0.6) is 5.75 Å². The van der Waals surface area contributed by atoms with Gasteiger partial charge in [-0.15, -0.1) is 0 Å². The molecule has 0 unspecified atom stereocenters. The van der Waals surface area contributed by atoms with E-state index in [1.54, 1.807) is 12.1 Å². The Balaban J connectivity index is 2.17. The van der Waals surface area contributed by atoms with E-state index in [1.165, 1.54) is 0 Å². The summed E-state index contributed by atoms with van der Waals surface area (Å²) in [5.74, 6) is 0.0526. The number of aryl methyl sites for hydroxylation is 1. The molecule has 0 saturated carbocycles. The Morgan fingerprint density at radius 2 is 2.05 bits per heavy atom. The summed E-state index contributed by atoms with van der Waals surface area (Å²) in [5.41, 5.74) is 1.66. The Morgan fingerprint density at radius 3 is 2.58 bits per heavy atom. The highest BCUT2D eigenvalue weighted by Crippen LogP contribution is 2.38. The molecule has 1 aromatic rings. The number of phenolic OH excluding ortho intramolecular Hbond substituents is 1. The van der Waals surface area contributed by atoms with E-state index >= 15 is 0 Å². The maximum atomic E-state index is 12.5. The van der Waals surface area contributed by atoms with Gasteiger partial charge in [-0.05, 0) is 49.3 Å². The lowest BCUT2D eigenvalue weighted by Gasteiger charge is -2.26. The molecule has 1 N–H and O–H groups in total. The first kappa shape index (κ1) is 13.9. The van der Waals surface area contributed by atoms with Crippen LogP contribution >= 0.6 is 0 Å². The summed E-state index contributed by atoms with van der Waals surface area (Å²) in [4.78, 5) is 14.4. The summed E-state index contributed by atoms with van der Waals surface area (Å²) in [6.45, 7) is 7.91. The average Bonchev–Trinajstić information content (AvgIpc) is 2.83. The molecule has 0 aliphatic carbocycles. The summed E-state index contributed by atoms with van der Waals surface area (Å²) >= 11 is 0. The van der Waals surface area contributed by atoms with Crippen molar-refractivity contribution in [2.24, 2.45) is 5.41 Å². The number of benzene rings is 1. The lowest BCUT2D eigenvalue weighted by atomic mass is 9.82. The summed E-state index contributed by atoms with van der Waals surface area (Å²) in [5, 5.41) is 9.92. The van der Waals surface area contributed by atoms with Gasteiger partial charge in [0.05, 0.1) is 5.56 Å². The molecule has 1 aliphatic heterocycles. The van der Waals surface area contributed by atoms with Crippen LogP contribution in [0.4, 0.5) is 0 Å². The van der Waals surface area contributed by atoms with Crippen molar-refractivity contribution in [1.82, 2.24) is 4.90 Å². The molecule has 0 bridgehead atoms. The van der Waals surface area contributed by atoms with Gasteiger partial charge in [0.2, 0.25) is 0 Å². The van der Waals surface area contributed by atoms with Gasteiger partial charge < -0.3 is 10.0 Å². The van der Waals surface area contributed by atoms with Gasteiger partial charge in [-0.25, -0.2) is 0 Å². The molecule has 0 aromatic heterocycles. The number of hydrogen-bond acceptors (Lipinski definition) is 2. The Bertz CT molecular complexity index is 478. The monoisotopic (exact) mass is 261 g/mol. The lowest BCUT2D eigenvalue weighted by Crippen LogP contribution is -2.31. The average molecular weight is 261 g/mol. The first-order chi connectivity index (χ1) is 9.01.